The van der Waals surface area contributed by atoms with E-state index in [1.54, 1.807) is 10.9 Å². The molecule has 7 heteroatoms. The Hall–Kier alpha value is -1.76. The molecule has 1 aliphatic rings. The van der Waals surface area contributed by atoms with Gasteiger partial charge < -0.3 is 15.2 Å². The fourth-order valence-corrected chi connectivity index (χ4v) is 2.22. The number of hydrogen-bond donors (Lipinski definition) is 2. The highest BCUT2D eigenvalue weighted by atomic mass is 19.1. The van der Waals surface area contributed by atoms with Gasteiger partial charge >= 0.3 is 6.08 Å². The van der Waals surface area contributed by atoms with Crippen LogP contribution in [0.2, 0.25) is 0 Å². The van der Waals surface area contributed by atoms with Crippen LogP contribution in [0.1, 0.15) is 13.3 Å². The third-order valence-electron chi connectivity index (χ3n) is 3.18. The van der Waals surface area contributed by atoms with Crippen LogP contribution in [0.3, 0.4) is 0 Å². The predicted octanol–water partition coefficient (Wildman–Crippen LogP) is 0.759. The van der Waals surface area contributed by atoms with Crippen LogP contribution < -0.4 is 10.6 Å². The quantitative estimate of drug-likeness (QED) is 0.787. The topological polar surface area (TPSA) is 67.7 Å². The Labute approximate surface area is 104 Å². The maximum Gasteiger partial charge on any atom is 0.312 e. The van der Waals surface area contributed by atoms with Gasteiger partial charge in [-0.3, -0.25) is 0 Å². The fourth-order valence-electron chi connectivity index (χ4n) is 2.22. The number of nitrogens with zero attached hydrogens (tertiary/aromatic N) is 4. The minimum atomic E-state index is -0.717. The summed E-state index contributed by atoms with van der Waals surface area (Å²) in [6.07, 6.45) is 1.95. The van der Waals surface area contributed by atoms with Gasteiger partial charge in [0, 0.05) is 19.1 Å². The number of hydrogen-bond acceptors (Lipinski definition) is 5. The second kappa shape index (κ2) is 4.49. The van der Waals surface area contributed by atoms with E-state index in [1.165, 1.54) is 0 Å². The van der Waals surface area contributed by atoms with Crippen molar-refractivity contribution in [1.82, 2.24) is 24.8 Å². The molecule has 2 N–H and O–H groups in total. The van der Waals surface area contributed by atoms with Crippen molar-refractivity contribution in [2.45, 2.75) is 25.9 Å². The zero-order valence-electron chi connectivity index (χ0n) is 10.1. The largest absolute Gasteiger partial charge is 0.364 e. The second-order valence-electron chi connectivity index (χ2n) is 4.38. The lowest BCUT2D eigenvalue weighted by Crippen LogP contribution is -2.23. The van der Waals surface area contributed by atoms with E-state index in [2.05, 4.69) is 25.6 Å². The molecule has 0 spiro atoms. The molecule has 0 radical (unpaired) electrons. The average molecular weight is 250 g/mol. The predicted molar refractivity (Wildman–Crippen MR) is 65.9 cm³/mol. The molecule has 18 heavy (non-hydrogen) atoms. The van der Waals surface area contributed by atoms with E-state index in [9.17, 15) is 4.39 Å². The summed E-state index contributed by atoms with van der Waals surface area (Å²) in [7, 11) is 0. The first kappa shape index (κ1) is 11.3. The first-order valence-corrected chi connectivity index (χ1v) is 6.13. The highest BCUT2D eigenvalue weighted by molar-refractivity contribution is 5.82. The van der Waals surface area contributed by atoms with E-state index in [0.717, 1.165) is 19.5 Å². The molecular formula is C11H15FN6. The van der Waals surface area contributed by atoms with Crippen LogP contribution in [0.15, 0.2) is 6.33 Å². The number of aromatic nitrogens is 4. The minimum Gasteiger partial charge on any atom is -0.364 e. The van der Waals surface area contributed by atoms with Gasteiger partial charge in [-0.15, -0.1) is 0 Å². The Morgan fingerprint density at radius 1 is 1.56 bits per heavy atom. The molecule has 0 saturated carbocycles. The monoisotopic (exact) mass is 250 g/mol. The first-order chi connectivity index (χ1) is 8.78. The van der Waals surface area contributed by atoms with Crippen LogP contribution in [0.25, 0.3) is 11.2 Å². The molecule has 6 nitrogen and oxygen atoms in total. The van der Waals surface area contributed by atoms with Gasteiger partial charge in [0.1, 0.15) is 0 Å². The standard InChI is InChI=1S/C11H15FN6/c1-2-18-6-14-8-9(15-7-3-4-13-5-7)16-11(12)17-10(8)18/h6-7,13H,2-5H2,1H3,(H,15,16,17)/t7-/m0/s1. The number of anilines is 1. The lowest BCUT2D eigenvalue weighted by atomic mass is 10.2. The molecule has 1 aliphatic heterocycles. The Balaban J connectivity index is 2.01. The zero-order valence-corrected chi connectivity index (χ0v) is 10.1. The summed E-state index contributed by atoms with van der Waals surface area (Å²) < 4.78 is 15.2. The van der Waals surface area contributed by atoms with Crippen molar-refractivity contribution in [2.24, 2.45) is 0 Å². The SMILES string of the molecule is CCn1cnc2c(N[C@H]3CCNC3)nc(F)nc21. The van der Waals surface area contributed by atoms with Crippen LogP contribution in [0.4, 0.5) is 10.2 Å². The van der Waals surface area contributed by atoms with Crippen LogP contribution in [0, 0.1) is 6.08 Å². The van der Waals surface area contributed by atoms with E-state index in [0.29, 0.717) is 23.5 Å². The molecule has 0 unspecified atom stereocenters. The highest BCUT2D eigenvalue weighted by Crippen LogP contribution is 2.20. The molecule has 3 heterocycles. The molecule has 1 fully saturated rings. The van der Waals surface area contributed by atoms with Gasteiger partial charge in [-0.05, 0) is 19.9 Å². The molecule has 1 saturated heterocycles. The molecule has 1 atom stereocenters. The highest BCUT2D eigenvalue weighted by Gasteiger charge is 2.18. The number of halogens is 1. The summed E-state index contributed by atoms with van der Waals surface area (Å²) in [4.78, 5) is 11.9. The molecular weight excluding hydrogens is 235 g/mol. The van der Waals surface area contributed by atoms with Crippen molar-refractivity contribution >= 4 is 17.0 Å². The van der Waals surface area contributed by atoms with Crippen LogP contribution in [-0.2, 0) is 6.54 Å². The number of rotatable bonds is 3. The Kier molecular flexibility index (Phi) is 2.83. The van der Waals surface area contributed by atoms with Crippen molar-refractivity contribution in [3.05, 3.63) is 12.4 Å². The molecule has 0 aromatic carbocycles. The Morgan fingerprint density at radius 3 is 3.17 bits per heavy atom. The Bertz CT molecular complexity index is 560. The second-order valence-corrected chi connectivity index (χ2v) is 4.38. The van der Waals surface area contributed by atoms with Crippen molar-refractivity contribution in [3.8, 4) is 0 Å². The summed E-state index contributed by atoms with van der Waals surface area (Å²) in [6, 6.07) is 0.272. The molecule has 2 aromatic rings. The van der Waals surface area contributed by atoms with Gasteiger partial charge in [0.15, 0.2) is 17.0 Å². The maximum atomic E-state index is 13.4. The van der Waals surface area contributed by atoms with Crippen LogP contribution >= 0.6 is 0 Å². The van der Waals surface area contributed by atoms with Crippen molar-refractivity contribution in [2.75, 3.05) is 18.4 Å². The summed E-state index contributed by atoms with van der Waals surface area (Å²) in [5, 5.41) is 6.48. The van der Waals surface area contributed by atoms with E-state index >= 15 is 0 Å². The first-order valence-electron chi connectivity index (χ1n) is 6.13. The minimum absolute atomic E-state index is 0.272. The van der Waals surface area contributed by atoms with E-state index in [1.807, 2.05) is 6.92 Å². The third kappa shape index (κ3) is 1.90. The van der Waals surface area contributed by atoms with Gasteiger partial charge in [0.05, 0.1) is 6.33 Å². The third-order valence-corrected chi connectivity index (χ3v) is 3.18. The average Bonchev–Trinajstić information content (AvgIpc) is 2.97. The number of imidazole rings is 1. The fraction of sp³-hybridized carbons (Fsp3) is 0.545. The van der Waals surface area contributed by atoms with Gasteiger partial charge in [-0.1, -0.05) is 0 Å². The number of fused-ring (bicyclic) bond motifs is 1. The molecule has 0 aliphatic carbocycles. The van der Waals surface area contributed by atoms with Crippen LogP contribution in [-0.4, -0.2) is 38.7 Å². The molecule has 96 valence electrons. The summed E-state index contributed by atoms with van der Waals surface area (Å²) in [5.74, 6) is 0.485. The van der Waals surface area contributed by atoms with Crippen molar-refractivity contribution in [1.29, 1.82) is 0 Å². The van der Waals surface area contributed by atoms with E-state index in [-0.39, 0.29) is 6.04 Å². The van der Waals surface area contributed by atoms with E-state index in [4.69, 9.17) is 0 Å². The van der Waals surface area contributed by atoms with Crippen molar-refractivity contribution in [3.63, 3.8) is 0 Å². The summed E-state index contributed by atoms with van der Waals surface area (Å²) >= 11 is 0. The lowest BCUT2D eigenvalue weighted by Gasteiger charge is -2.12. The van der Waals surface area contributed by atoms with Crippen molar-refractivity contribution < 1.29 is 4.39 Å². The molecule has 2 aromatic heterocycles. The molecule has 0 bridgehead atoms. The number of aryl methyl sites for hydroxylation is 1. The lowest BCUT2D eigenvalue weighted by molar-refractivity contribution is 0.541. The van der Waals surface area contributed by atoms with Gasteiger partial charge in [0.2, 0.25) is 0 Å². The molecule has 3 rings (SSSR count). The molecule has 0 amide bonds. The smallest absolute Gasteiger partial charge is 0.312 e. The van der Waals surface area contributed by atoms with E-state index < -0.39 is 6.08 Å². The maximum absolute atomic E-state index is 13.4. The summed E-state index contributed by atoms with van der Waals surface area (Å²) in [6.45, 7) is 4.51. The normalized spacial score (nSPS) is 19.6. The van der Waals surface area contributed by atoms with Gasteiger partial charge in [-0.2, -0.15) is 14.4 Å². The zero-order chi connectivity index (χ0) is 12.5. The van der Waals surface area contributed by atoms with Gasteiger partial charge in [-0.25, -0.2) is 4.98 Å². The summed E-state index contributed by atoms with van der Waals surface area (Å²) in [5.41, 5.74) is 1.17. The Morgan fingerprint density at radius 2 is 2.44 bits per heavy atom. The van der Waals surface area contributed by atoms with Crippen LogP contribution in [0.5, 0.6) is 0 Å². The van der Waals surface area contributed by atoms with Gasteiger partial charge in [0.25, 0.3) is 0 Å². The number of nitrogens with one attached hydrogen (secondary N) is 2.